The Morgan fingerprint density at radius 1 is 1.12 bits per heavy atom. The van der Waals surface area contributed by atoms with Crippen molar-refractivity contribution in [1.29, 1.82) is 0 Å². The van der Waals surface area contributed by atoms with Crippen LogP contribution in [0.3, 0.4) is 0 Å². The number of amides is 2. The number of rotatable bonds is 11. The van der Waals surface area contributed by atoms with Crippen LogP contribution in [0.5, 0.6) is 0 Å². The van der Waals surface area contributed by atoms with E-state index in [1.807, 2.05) is 6.92 Å². The third-order valence-electron chi connectivity index (χ3n) is 5.64. The molecule has 182 valence electrons. The van der Waals surface area contributed by atoms with E-state index in [2.05, 4.69) is 14.9 Å². The van der Waals surface area contributed by atoms with Crippen LogP contribution in [0.25, 0.3) is 0 Å². The molecule has 2 heterocycles. The predicted octanol–water partition coefficient (Wildman–Crippen LogP) is 1.99. The summed E-state index contributed by atoms with van der Waals surface area (Å²) in [5.41, 5.74) is 1.20. The number of nitro benzene ring substituents is 1. The van der Waals surface area contributed by atoms with Gasteiger partial charge in [0.25, 0.3) is 11.6 Å². The van der Waals surface area contributed by atoms with Gasteiger partial charge >= 0.3 is 0 Å². The fourth-order valence-corrected chi connectivity index (χ4v) is 3.78. The monoisotopic (exact) mass is 470 g/mol. The number of nitrogens with zero attached hydrogens (tertiary/aromatic N) is 6. The molecule has 0 atom stereocenters. The zero-order valence-electron chi connectivity index (χ0n) is 19.3. The van der Waals surface area contributed by atoms with Crippen LogP contribution >= 0.6 is 0 Å². The number of aromatic nitrogens is 2. The number of benzene rings is 1. The van der Waals surface area contributed by atoms with Crippen LogP contribution in [0.4, 0.5) is 11.4 Å². The third-order valence-corrected chi connectivity index (χ3v) is 5.64. The van der Waals surface area contributed by atoms with Gasteiger partial charge in [0, 0.05) is 89.1 Å². The van der Waals surface area contributed by atoms with Crippen LogP contribution in [0, 0.1) is 10.1 Å². The summed E-state index contributed by atoms with van der Waals surface area (Å²) in [7, 11) is 0. The van der Waals surface area contributed by atoms with E-state index in [0.29, 0.717) is 58.9 Å². The molecule has 11 heteroatoms. The second kappa shape index (κ2) is 12.6. The molecule has 0 spiro atoms. The third kappa shape index (κ3) is 6.95. The topological polar surface area (TPSA) is 122 Å². The number of ether oxygens (including phenoxy) is 1. The first-order chi connectivity index (χ1) is 16.5. The molecule has 0 saturated carbocycles. The van der Waals surface area contributed by atoms with Gasteiger partial charge in [-0.25, -0.2) is 4.98 Å². The summed E-state index contributed by atoms with van der Waals surface area (Å²) in [5.74, 6) is -0.259. The summed E-state index contributed by atoms with van der Waals surface area (Å²) in [5, 5.41) is 10.8. The lowest BCUT2D eigenvalue weighted by atomic mass is 10.2. The van der Waals surface area contributed by atoms with E-state index in [9.17, 15) is 19.7 Å². The van der Waals surface area contributed by atoms with Crippen molar-refractivity contribution in [3.63, 3.8) is 0 Å². The molecule has 0 radical (unpaired) electrons. The maximum absolute atomic E-state index is 12.9. The van der Waals surface area contributed by atoms with Crippen molar-refractivity contribution in [2.45, 2.75) is 19.8 Å². The van der Waals surface area contributed by atoms with E-state index in [4.69, 9.17) is 4.74 Å². The first kappa shape index (κ1) is 25.0. The molecule has 0 bridgehead atoms. The highest BCUT2D eigenvalue weighted by molar-refractivity contribution is 5.92. The number of carbonyl (C=O) groups excluding carboxylic acids is 2. The van der Waals surface area contributed by atoms with Crippen LogP contribution in [0.2, 0.25) is 0 Å². The Balaban J connectivity index is 1.51. The zero-order chi connectivity index (χ0) is 24.3. The molecule has 3 rings (SSSR count). The van der Waals surface area contributed by atoms with Crippen LogP contribution in [0.1, 0.15) is 30.3 Å². The standard InChI is InChI=1S/C23H30N6O5/c1-2-34-17-3-11-28(23(31)21-18-24-9-10-25-21)12-8-22(30)27-15-13-26(14-16-27)19-4-6-20(7-5-19)29(32)33/h4-7,9-10,18H,2-3,8,11-17H2,1H3. The largest absolute Gasteiger partial charge is 0.382 e. The molecular formula is C23H30N6O5. The summed E-state index contributed by atoms with van der Waals surface area (Å²) in [6.45, 7) is 6.22. The molecule has 1 aromatic heterocycles. The number of anilines is 1. The van der Waals surface area contributed by atoms with Crippen LogP contribution < -0.4 is 4.90 Å². The summed E-state index contributed by atoms with van der Waals surface area (Å²) in [6.07, 6.45) is 5.30. The van der Waals surface area contributed by atoms with Gasteiger partial charge in [-0.15, -0.1) is 0 Å². The smallest absolute Gasteiger partial charge is 0.274 e. The number of non-ortho nitro benzene ring substituents is 1. The van der Waals surface area contributed by atoms with E-state index >= 15 is 0 Å². The fraction of sp³-hybridized carbons (Fsp3) is 0.478. The predicted molar refractivity (Wildman–Crippen MR) is 126 cm³/mol. The molecule has 0 aliphatic carbocycles. The van der Waals surface area contributed by atoms with Gasteiger partial charge in [0.1, 0.15) is 5.69 Å². The lowest BCUT2D eigenvalue weighted by molar-refractivity contribution is -0.384. The molecule has 0 unspecified atom stereocenters. The average Bonchev–Trinajstić information content (AvgIpc) is 2.88. The Kier molecular flexibility index (Phi) is 9.27. The van der Waals surface area contributed by atoms with Gasteiger partial charge in [0.2, 0.25) is 5.91 Å². The SMILES string of the molecule is CCOCCCN(CCC(=O)N1CCN(c2ccc([N+](=O)[O-])cc2)CC1)C(=O)c1cnccn1. The number of carbonyl (C=O) groups is 2. The first-order valence-electron chi connectivity index (χ1n) is 11.4. The Labute approximate surface area is 198 Å². The molecule has 1 saturated heterocycles. The van der Waals surface area contributed by atoms with Crippen molar-refractivity contribution in [1.82, 2.24) is 19.8 Å². The van der Waals surface area contributed by atoms with Crippen molar-refractivity contribution < 1.29 is 19.2 Å². The Morgan fingerprint density at radius 3 is 2.47 bits per heavy atom. The van der Waals surface area contributed by atoms with Crippen LogP contribution in [0.15, 0.2) is 42.9 Å². The van der Waals surface area contributed by atoms with E-state index < -0.39 is 4.92 Å². The van der Waals surface area contributed by atoms with Gasteiger partial charge in [0.05, 0.1) is 11.1 Å². The van der Waals surface area contributed by atoms with Gasteiger partial charge < -0.3 is 19.4 Å². The van der Waals surface area contributed by atoms with E-state index in [1.54, 1.807) is 21.9 Å². The summed E-state index contributed by atoms with van der Waals surface area (Å²) < 4.78 is 5.38. The van der Waals surface area contributed by atoms with Crippen molar-refractivity contribution >= 4 is 23.2 Å². The molecule has 34 heavy (non-hydrogen) atoms. The van der Waals surface area contributed by atoms with Gasteiger partial charge in [-0.2, -0.15) is 0 Å². The van der Waals surface area contributed by atoms with Gasteiger partial charge in [-0.3, -0.25) is 24.7 Å². The maximum atomic E-state index is 12.9. The minimum Gasteiger partial charge on any atom is -0.382 e. The number of hydrogen-bond donors (Lipinski definition) is 0. The molecule has 1 aliphatic rings. The molecule has 1 fully saturated rings. The molecule has 0 N–H and O–H groups in total. The normalized spacial score (nSPS) is 13.6. The number of hydrogen-bond acceptors (Lipinski definition) is 8. The van der Waals surface area contributed by atoms with Crippen molar-refractivity contribution in [3.8, 4) is 0 Å². The quantitative estimate of drug-likeness (QED) is 0.278. The van der Waals surface area contributed by atoms with Crippen molar-refractivity contribution in [3.05, 3.63) is 58.7 Å². The second-order valence-corrected chi connectivity index (χ2v) is 7.82. The van der Waals surface area contributed by atoms with E-state index in [0.717, 1.165) is 5.69 Å². The number of piperazine rings is 1. The van der Waals surface area contributed by atoms with Crippen LogP contribution in [-0.2, 0) is 9.53 Å². The highest BCUT2D eigenvalue weighted by Gasteiger charge is 2.24. The minimum atomic E-state index is -0.421. The molecule has 11 nitrogen and oxygen atoms in total. The highest BCUT2D eigenvalue weighted by atomic mass is 16.6. The van der Waals surface area contributed by atoms with Crippen molar-refractivity contribution in [2.24, 2.45) is 0 Å². The molecule has 1 aliphatic heterocycles. The molecular weight excluding hydrogens is 440 g/mol. The van der Waals surface area contributed by atoms with Gasteiger partial charge in [-0.05, 0) is 25.5 Å². The maximum Gasteiger partial charge on any atom is 0.274 e. The Hall–Kier alpha value is -3.60. The first-order valence-corrected chi connectivity index (χ1v) is 11.4. The molecule has 2 aromatic rings. The lowest BCUT2D eigenvalue weighted by Crippen LogP contribution is -2.49. The van der Waals surface area contributed by atoms with Crippen LogP contribution in [-0.4, -0.2) is 89.0 Å². The van der Waals surface area contributed by atoms with Gasteiger partial charge in [0.15, 0.2) is 0 Å². The summed E-state index contributed by atoms with van der Waals surface area (Å²) in [4.78, 5) is 49.7. The zero-order valence-corrected chi connectivity index (χ0v) is 19.3. The average molecular weight is 471 g/mol. The summed E-state index contributed by atoms with van der Waals surface area (Å²) >= 11 is 0. The molecule has 1 aromatic carbocycles. The fourth-order valence-electron chi connectivity index (χ4n) is 3.78. The minimum absolute atomic E-state index is 0.00916. The summed E-state index contributed by atoms with van der Waals surface area (Å²) in [6, 6.07) is 6.43. The Morgan fingerprint density at radius 2 is 1.85 bits per heavy atom. The van der Waals surface area contributed by atoms with Crippen molar-refractivity contribution in [2.75, 3.05) is 57.4 Å². The van der Waals surface area contributed by atoms with E-state index in [-0.39, 0.29) is 29.6 Å². The van der Waals surface area contributed by atoms with Gasteiger partial charge in [-0.1, -0.05) is 0 Å². The lowest BCUT2D eigenvalue weighted by Gasteiger charge is -2.36. The highest BCUT2D eigenvalue weighted by Crippen LogP contribution is 2.21. The second-order valence-electron chi connectivity index (χ2n) is 7.82. The number of nitro groups is 1. The van der Waals surface area contributed by atoms with E-state index in [1.165, 1.54) is 30.7 Å². The molecule has 2 amide bonds. The Bertz CT molecular complexity index is 948.